The zero-order valence-electron chi connectivity index (χ0n) is 14.2. The Morgan fingerprint density at radius 1 is 0.958 bits per heavy atom. The molecule has 3 nitrogen and oxygen atoms in total. The average molecular weight is 320 g/mol. The summed E-state index contributed by atoms with van der Waals surface area (Å²) in [6.07, 6.45) is 5.84. The minimum absolute atomic E-state index is 0.0508. The van der Waals surface area contributed by atoms with E-state index in [1.54, 1.807) is 0 Å². The quantitative estimate of drug-likeness (QED) is 0.621. The maximum Gasteiger partial charge on any atom is 0.258 e. The molecule has 0 saturated heterocycles. The van der Waals surface area contributed by atoms with Crippen LogP contribution in [0, 0.1) is 0 Å². The predicted octanol–water partition coefficient (Wildman–Crippen LogP) is 5.03. The number of rotatable bonds is 7. The highest BCUT2D eigenvalue weighted by molar-refractivity contribution is 5.77. The molecule has 3 heteroatoms. The van der Waals surface area contributed by atoms with Crippen LogP contribution < -0.4 is 5.56 Å². The van der Waals surface area contributed by atoms with Crippen molar-refractivity contribution in [1.29, 1.82) is 0 Å². The minimum Gasteiger partial charge on any atom is -0.309 e. The van der Waals surface area contributed by atoms with Crippen molar-refractivity contribution in [2.75, 3.05) is 0 Å². The Morgan fingerprint density at radius 3 is 2.50 bits per heavy atom. The van der Waals surface area contributed by atoms with Crippen molar-refractivity contribution in [2.24, 2.45) is 0 Å². The number of fused-ring (bicyclic) bond motifs is 1. The van der Waals surface area contributed by atoms with E-state index in [2.05, 4.69) is 24.0 Å². The number of unbranched alkanes of at least 4 members (excludes halogenated alkanes) is 3. The first-order chi connectivity index (χ1) is 11.8. The molecule has 3 rings (SSSR count). The van der Waals surface area contributed by atoms with E-state index in [9.17, 15) is 4.79 Å². The number of aromatic amines is 1. The van der Waals surface area contributed by atoms with Gasteiger partial charge in [-0.05, 0) is 24.1 Å². The Kier molecular flexibility index (Phi) is 5.42. The SMILES string of the molecule is CCCCCCC(c1ccccc1)c1nc2ccccc2c(=O)[nH]1. The van der Waals surface area contributed by atoms with Crippen LogP contribution in [0.4, 0.5) is 0 Å². The van der Waals surface area contributed by atoms with Gasteiger partial charge < -0.3 is 4.98 Å². The Morgan fingerprint density at radius 2 is 1.71 bits per heavy atom. The monoisotopic (exact) mass is 320 g/mol. The van der Waals surface area contributed by atoms with Gasteiger partial charge in [-0.1, -0.05) is 75.1 Å². The molecule has 0 amide bonds. The van der Waals surface area contributed by atoms with Gasteiger partial charge in [0, 0.05) is 5.92 Å². The molecule has 1 atom stereocenters. The predicted molar refractivity (Wildman–Crippen MR) is 99.4 cm³/mol. The summed E-state index contributed by atoms with van der Waals surface area (Å²) >= 11 is 0. The van der Waals surface area contributed by atoms with Crippen LogP contribution >= 0.6 is 0 Å². The number of nitrogens with one attached hydrogen (secondary N) is 1. The molecule has 24 heavy (non-hydrogen) atoms. The lowest BCUT2D eigenvalue weighted by Gasteiger charge is -2.17. The van der Waals surface area contributed by atoms with Crippen LogP contribution in [0.5, 0.6) is 0 Å². The van der Waals surface area contributed by atoms with E-state index in [0.29, 0.717) is 5.39 Å². The molecular weight excluding hydrogens is 296 g/mol. The normalized spacial score (nSPS) is 12.4. The van der Waals surface area contributed by atoms with Crippen molar-refractivity contribution in [1.82, 2.24) is 9.97 Å². The molecule has 2 aromatic carbocycles. The topological polar surface area (TPSA) is 45.8 Å². The van der Waals surface area contributed by atoms with E-state index < -0.39 is 0 Å². The number of aromatic nitrogens is 2. The van der Waals surface area contributed by atoms with Gasteiger partial charge in [-0.2, -0.15) is 0 Å². The van der Waals surface area contributed by atoms with Gasteiger partial charge in [-0.3, -0.25) is 4.79 Å². The molecule has 1 aromatic heterocycles. The van der Waals surface area contributed by atoms with Gasteiger partial charge in [0.25, 0.3) is 5.56 Å². The van der Waals surface area contributed by atoms with Crippen molar-refractivity contribution in [2.45, 2.75) is 44.9 Å². The summed E-state index contributed by atoms with van der Waals surface area (Å²) < 4.78 is 0. The Labute approximate surface area is 142 Å². The van der Waals surface area contributed by atoms with Crippen molar-refractivity contribution < 1.29 is 0 Å². The van der Waals surface area contributed by atoms with Crippen molar-refractivity contribution in [3.8, 4) is 0 Å². The average Bonchev–Trinajstić information content (AvgIpc) is 2.62. The van der Waals surface area contributed by atoms with E-state index in [4.69, 9.17) is 4.98 Å². The number of H-pyrrole nitrogens is 1. The summed E-state index contributed by atoms with van der Waals surface area (Å²) in [5.74, 6) is 0.918. The van der Waals surface area contributed by atoms with Crippen LogP contribution in [-0.4, -0.2) is 9.97 Å². The van der Waals surface area contributed by atoms with Crippen LogP contribution in [0.2, 0.25) is 0 Å². The van der Waals surface area contributed by atoms with Crippen molar-refractivity contribution in [3.05, 3.63) is 76.3 Å². The van der Waals surface area contributed by atoms with Gasteiger partial charge in [-0.25, -0.2) is 4.98 Å². The second-order valence-electron chi connectivity index (χ2n) is 6.28. The van der Waals surface area contributed by atoms with Crippen LogP contribution in [0.15, 0.2) is 59.4 Å². The molecule has 0 fully saturated rings. The summed E-state index contributed by atoms with van der Waals surface area (Å²) in [5, 5.41) is 0.652. The Balaban J connectivity index is 1.97. The molecular formula is C21H24N2O. The third-order valence-corrected chi connectivity index (χ3v) is 4.51. The number of para-hydroxylation sites is 1. The zero-order valence-corrected chi connectivity index (χ0v) is 14.2. The van der Waals surface area contributed by atoms with Gasteiger partial charge in [0.1, 0.15) is 5.82 Å². The second-order valence-corrected chi connectivity index (χ2v) is 6.28. The molecule has 1 N–H and O–H groups in total. The van der Waals surface area contributed by atoms with E-state index >= 15 is 0 Å². The van der Waals surface area contributed by atoms with E-state index in [1.165, 1.54) is 24.8 Å². The first kappa shape index (κ1) is 16.4. The molecule has 0 aliphatic rings. The maximum atomic E-state index is 12.4. The Hall–Kier alpha value is -2.42. The fraction of sp³-hybridized carbons (Fsp3) is 0.333. The highest BCUT2D eigenvalue weighted by Gasteiger charge is 2.17. The minimum atomic E-state index is -0.0508. The van der Waals surface area contributed by atoms with Crippen LogP contribution in [0.3, 0.4) is 0 Å². The standard InChI is InChI=1S/C21H24N2O/c1-2-3-4-8-13-17(16-11-6-5-7-12-16)20-22-19-15-10-9-14-18(19)21(24)23-20/h5-7,9-12,14-15,17H,2-4,8,13H2,1H3,(H,22,23,24). The summed E-state index contributed by atoms with van der Waals surface area (Å²) in [4.78, 5) is 20.2. The molecule has 0 saturated carbocycles. The van der Waals surface area contributed by atoms with Gasteiger partial charge in [0.15, 0.2) is 0 Å². The van der Waals surface area contributed by atoms with Crippen LogP contribution in [0.1, 0.15) is 56.3 Å². The summed E-state index contributed by atoms with van der Waals surface area (Å²) in [5.41, 5.74) is 1.93. The molecule has 1 heterocycles. The van der Waals surface area contributed by atoms with Gasteiger partial charge in [0.05, 0.1) is 10.9 Å². The third-order valence-electron chi connectivity index (χ3n) is 4.51. The maximum absolute atomic E-state index is 12.4. The lowest BCUT2D eigenvalue weighted by Crippen LogP contribution is -2.16. The van der Waals surface area contributed by atoms with Crippen molar-refractivity contribution in [3.63, 3.8) is 0 Å². The second kappa shape index (κ2) is 7.91. The lowest BCUT2D eigenvalue weighted by atomic mass is 9.92. The van der Waals surface area contributed by atoms with E-state index in [0.717, 1.165) is 24.2 Å². The first-order valence-corrected chi connectivity index (χ1v) is 8.83. The zero-order chi connectivity index (χ0) is 16.8. The number of hydrogen-bond donors (Lipinski definition) is 1. The molecule has 1 unspecified atom stereocenters. The molecule has 124 valence electrons. The van der Waals surface area contributed by atoms with Gasteiger partial charge in [0.2, 0.25) is 0 Å². The number of hydrogen-bond acceptors (Lipinski definition) is 2. The smallest absolute Gasteiger partial charge is 0.258 e. The molecule has 0 radical (unpaired) electrons. The molecule has 0 aliphatic carbocycles. The summed E-state index contributed by atoms with van der Waals surface area (Å²) in [7, 11) is 0. The van der Waals surface area contributed by atoms with E-state index in [-0.39, 0.29) is 11.5 Å². The highest BCUT2D eigenvalue weighted by atomic mass is 16.1. The van der Waals surface area contributed by atoms with Gasteiger partial charge >= 0.3 is 0 Å². The third kappa shape index (κ3) is 3.73. The first-order valence-electron chi connectivity index (χ1n) is 8.83. The lowest BCUT2D eigenvalue weighted by molar-refractivity contribution is 0.581. The fourth-order valence-electron chi connectivity index (χ4n) is 3.19. The van der Waals surface area contributed by atoms with Crippen molar-refractivity contribution >= 4 is 10.9 Å². The van der Waals surface area contributed by atoms with Crippen LogP contribution in [-0.2, 0) is 0 Å². The van der Waals surface area contributed by atoms with Crippen LogP contribution in [0.25, 0.3) is 10.9 Å². The molecule has 3 aromatic rings. The fourth-order valence-corrected chi connectivity index (χ4v) is 3.19. The molecule has 0 spiro atoms. The highest BCUT2D eigenvalue weighted by Crippen LogP contribution is 2.28. The summed E-state index contributed by atoms with van der Waals surface area (Å²) in [6, 6.07) is 17.9. The molecule has 0 bridgehead atoms. The van der Waals surface area contributed by atoms with E-state index in [1.807, 2.05) is 42.5 Å². The number of nitrogens with zero attached hydrogens (tertiary/aromatic N) is 1. The number of benzene rings is 2. The summed E-state index contributed by atoms with van der Waals surface area (Å²) in [6.45, 7) is 2.22. The molecule has 0 aliphatic heterocycles. The van der Waals surface area contributed by atoms with Gasteiger partial charge in [-0.15, -0.1) is 0 Å². The largest absolute Gasteiger partial charge is 0.309 e. The Bertz CT molecular complexity index is 839.